The summed E-state index contributed by atoms with van der Waals surface area (Å²) >= 11 is 0. The van der Waals surface area contributed by atoms with Gasteiger partial charge in [-0.25, -0.2) is 4.39 Å². The quantitative estimate of drug-likeness (QED) is 0.697. The lowest BCUT2D eigenvalue weighted by Gasteiger charge is -2.12. The molecule has 1 nitrogen and oxygen atoms in total. The van der Waals surface area contributed by atoms with E-state index in [4.69, 9.17) is 6.42 Å². The van der Waals surface area contributed by atoms with Crippen LogP contribution < -0.4 is 5.32 Å². The summed E-state index contributed by atoms with van der Waals surface area (Å²) in [6, 6.07) is 6.64. The molecule has 0 spiro atoms. The third-order valence-electron chi connectivity index (χ3n) is 1.88. The molecule has 1 N–H and O–H groups in total. The molecule has 0 aromatic heterocycles. The molecule has 0 heterocycles. The lowest BCUT2D eigenvalue weighted by Crippen LogP contribution is -2.19. The van der Waals surface area contributed by atoms with Crippen LogP contribution in [0.4, 0.5) is 4.39 Å². The Labute approximate surface area is 78.0 Å². The maximum absolute atomic E-state index is 13.2. The van der Waals surface area contributed by atoms with Gasteiger partial charge >= 0.3 is 0 Å². The molecule has 0 aliphatic rings. The second-order valence-corrected chi connectivity index (χ2v) is 2.83. The molecule has 0 saturated carbocycles. The Morgan fingerprint density at radius 3 is 2.85 bits per heavy atom. The van der Waals surface area contributed by atoms with E-state index in [9.17, 15) is 4.39 Å². The number of hydrogen-bond donors (Lipinski definition) is 1. The Morgan fingerprint density at radius 1 is 1.54 bits per heavy atom. The van der Waals surface area contributed by atoms with Crippen LogP contribution in [0, 0.1) is 18.2 Å². The van der Waals surface area contributed by atoms with Crippen molar-refractivity contribution in [2.75, 3.05) is 6.54 Å². The van der Waals surface area contributed by atoms with Gasteiger partial charge in [-0.2, -0.15) is 0 Å². The molecule has 0 fully saturated rings. The average molecular weight is 177 g/mol. The van der Waals surface area contributed by atoms with E-state index in [-0.39, 0.29) is 11.9 Å². The first-order valence-electron chi connectivity index (χ1n) is 4.17. The van der Waals surface area contributed by atoms with Crippen molar-refractivity contribution < 1.29 is 4.39 Å². The fourth-order valence-corrected chi connectivity index (χ4v) is 1.15. The molecule has 0 bridgehead atoms. The number of nitrogens with one attached hydrogen (secondary N) is 1. The van der Waals surface area contributed by atoms with Crippen LogP contribution in [0.2, 0.25) is 0 Å². The molecule has 13 heavy (non-hydrogen) atoms. The summed E-state index contributed by atoms with van der Waals surface area (Å²) in [6.45, 7) is 2.34. The zero-order valence-corrected chi connectivity index (χ0v) is 7.55. The molecule has 0 unspecified atom stereocenters. The Balaban J connectivity index is 2.72. The highest BCUT2D eigenvalue weighted by atomic mass is 19.1. The van der Waals surface area contributed by atoms with Gasteiger partial charge in [-0.05, 0) is 13.0 Å². The summed E-state index contributed by atoms with van der Waals surface area (Å²) < 4.78 is 13.2. The summed E-state index contributed by atoms with van der Waals surface area (Å²) in [6.07, 6.45) is 5.09. The van der Waals surface area contributed by atoms with Crippen molar-refractivity contribution >= 4 is 0 Å². The number of rotatable bonds is 3. The van der Waals surface area contributed by atoms with Crippen LogP contribution >= 0.6 is 0 Å². The van der Waals surface area contributed by atoms with E-state index in [0.717, 1.165) is 0 Å². The smallest absolute Gasteiger partial charge is 0.127 e. The number of terminal acetylenes is 1. The first-order chi connectivity index (χ1) is 6.25. The molecule has 1 aromatic rings. The van der Waals surface area contributed by atoms with Crippen LogP contribution in [-0.4, -0.2) is 6.54 Å². The highest BCUT2D eigenvalue weighted by molar-refractivity contribution is 5.20. The highest BCUT2D eigenvalue weighted by Crippen LogP contribution is 2.15. The third kappa shape index (κ3) is 2.57. The SMILES string of the molecule is C#CCN[C@H](C)c1ccccc1F. The molecular weight excluding hydrogens is 165 g/mol. The fraction of sp³-hybridized carbons (Fsp3) is 0.273. The van der Waals surface area contributed by atoms with Crippen molar-refractivity contribution in [2.45, 2.75) is 13.0 Å². The Hall–Kier alpha value is -1.33. The highest BCUT2D eigenvalue weighted by Gasteiger charge is 2.07. The van der Waals surface area contributed by atoms with Crippen molar-refractivity contribution in [3.05, 3.63) is 35.6 Å². The van der Waals surface area contributed by atoms with E-state index < -0.39 is 0 Å². The van der Waals surface area contributed by atoms with Crippen molar-refractivity contribution in [1.82, 2.24) is 5.32 Å². The van der Waals surface area contributed by atoms with Gasteiger partial charge in [0.25, 0.3) is 0 Å². The fourth-order valence-electron chi connectivity index (χ4n) is 1.15. The minimum atomic E-state index is -0.195. The summed E-state index contributed by atoms with van der Waals surface area (Å²) in [5.74, 6) is 2.26. The van der Waals surface area contributed by atoms with Crippen LogP contribution in [-0.2, 0) is 0 Å². The molecule has 1 aromatic carbocycles. The van der Waals surface area contributed by atoms with Gasteiger partial charge in [0.2, 0.25) is 0 Å². The minimum Gasteiger partial charge on any atom is -0.299 e. The molecule has 68 valence electrons. The normalized spacial score (nSPS) is 12.1. The predicted molar refractivity (Wildman–Crippen MR) is 51.7 cm³/mol. The zero-order chi connectivity index (χ0) is 9.68. The molecular formula is C11H12FN. The summed E-state index contributed by atoms with van der Waals surface area (Å²) in [7, 11) is 0. The second kappa shape index (κ2) is 4.64. The maximum atomic E-state index is 13.2. The van der Waals surface area contributed by atoms with Gasteiger partial charge in [-0.3, -0.25) is 5.32 Å². The molecule has 0 aliphatic carbocycles. The van der Waals surface area contributed by atoms with Crippen LogP contribution in [0.3, 0.4) is 0 Å². The molecule has 0 aliphatic heterocycles. The summed E-state index contributed by atoms with van der Waals surface area (Å²) in [5.41, 5.74) is 0.651. The Kier molecular flexibility index (Phi) is 3.48. The lowest BCUT2D eigenvalue weighted by atomic mass is 10.1. The maximum Gasteiger partial charge on any atom is 0.127 e. The standard InChI is InChI=1S/C11H12FN/c1-3-8-13-9(2)10-6-4-5-7-11(10)12/h1,4-7,9,13H,8H2,2H3/t9-/m1/s1. The van der Waals surface area contributed by atoms with Gasteiger partial charge < -0.3 is 0 Å². The number of halogens is 1. The largest absolute Gasteiger partial charge is 0.299 e. The van der Waals surface area contributed by atoms with E-state index in [0.29, 0.717) is 12.1 Å². The Morgan fingerprint density at radius 2 is 2.23 bits per heavy atom. The van der Waals surface area contributed by atoms with Crippen LogP contribution in [0.1, 0.15) is 18.5 Å². The van der Waals surface area contributed by atoms with E-state index in [2.05, 4.69) is 11.2 Å². The van der Waals surface area contributed by atoms with Gasteiger partial charge in [-0.15, -0.1) is 6.42 Å². The number of benzene rings is 1. The zero-order valence-electron chi connectivity index (χ0n) is 7.55. The van der Waals surface area contributed by atoms with E-state index in [1.165, 1.54) is 6.07 Å². The van der Waals surface area contributed by atoms with Crippen LogP contribution in [0.25, 0.3) is 0 Å². The van der Waals surface area contributed by atoms with Crippen LogP contribution in [0.5, 0.6) is 0 Å². The summed E-state index contributed by atoms with van der Waals surface area (Å²) in [4.78, 5) is 0. The van der Waals surface area contributed by atoms with Gasteiger partial charge in [0.15, 0.2) is 0 Å². The van der Waals surface area contributed by atoms with Crippen LogP contribution in [0.15, 0.2) is 24.3 Å². The predicted octanol–water partition coefficient (Wildman–Crippen LogP) is 2.11. The molecule has 0 saturated heterocycles. The third-order valence-corrected chi connectivity index (χ3v) is 1.88. The number of hydrogen-bond acceptors (Lipinski definition) is 1. The molecule has 2 heteroatoms. The van der Waals surface area contributed by atoms with E-state index in [1.54, 1.807) is 12.1 Å². The topological polar surface area (TPSA) is 12.0 Å². The molecule has 1 atom stereocenters. The Bertz CT molecular complexity index is 314. The monoisotopic (exact) mass is 177 g/mol. The van der Waals surface area contributed by atoms with E-state index in [1.807, 2.05) is 13.0 Å². The van der Waals surface area contributed by atoms with Gasteiger partial charge in [-0.1, -0.05) is 24.1 Å². The lowest BCUT2D eigenvalue weighted by molar-refractivity contribution is 0.551. The van der Waals surface area contributed by atoms with Crippen molar-refractivity contribution in [2.24, 2.45) is 0 Å². The first kappa shape index (κ1) is 9.76. The van der Waals surface area contributed by atoms with E-state index >= 15 is 0 Å². The van der Waals surface area contributed by atoms with Crippen molar-refractivity contribution in [3.8, 4) is 12.3 Å². The molecule has 0 amide bonds. The summed E-state index contributed by atoms with van der Waals surface area (Å²) in [5, 5.41) is 3.01. The van der Waals surface area contributed by atoms with Crippen molar-refractivity contribution in [3.63, 3.8) is 0 Å². The molecule has 0 radical (unpaired) electrons. The van der Waals surface area contributed by atoms with Gasteiger partial charge in [0.1, 0.15) is 5.82 Å². The van der Waals surface area contributed by atoms with Gasteiger partial charge in [0.05, 0.1) is 6.54 Å². The minimum absolute atomic E-state index is 0.0442. The van der Waals surface area contributed by atoms with Gasteiger partial charge in [0, 0.05) is 11.6 Å². The second-order valence-electron chi connectivity index (χ2n) is 2.83. The van der Waals surface area contributed by atoms with Crippen molar-refractivity contribution in [1.29, 1.82) is 0 Å². The average Bonchev–Trinajstić information content (AvgIpc) is 2.15. The molecule has 1 rings (SSSR count). The first-order valence-corrected chi connectivity index (χ1v) is 4.17.